The summed E-state index contributed by atoms with van der Waals surface area (Å²) < 4.78 is 7.27. The summed E-state index contributed by atoms with van der Waals surface area (Å²) in [5.41, 5.74) is 2.26. The molecule has 7 nitrogen and oxygen atoms in total. The highest BCUT2D eigenvalue weighted by atomic mass is 32.1. The summed E-state index contributed by atoms with van der Waals surface area (Å²) >= 11 is 1.57. The molecule has 0 spiro atoms. The van der Waals surface area contributed by atoms with Crippen molar-refractivity contribution < 1.29 is 4.74 Å². The molecule has 0 unspecified atom stereocenters. The van der Waals surface area contributed by atoms with Crippen LogP contribution in [0.3, 0.4) is 0 Å². The first kappa shape index (κ1) is 15.5. The fraction of sp³-hybridized carbons (Fsp3) is 0.438. The molecule has 0 radical (unpaired) electrons. The van der Waals surface area contributed by atoms with Gasteiger partial charge in [0, 0.05) is 38.4 Å². The normalized spacial score (nSPS) is 15.9. The topological polar surface area (TPSA) is 58.8 Å². The van der Waals surface area contributed by atoms with Gasteiger partial charge in [-0.2, -0.15) is 9.61 Å². The number of morpholine rings is 1. The first-order valence-electron chi connectivity index (χ1n) is 8.00. The van der Waals surface area contributed by atoms with E-state index in [4.69, 9.17) is 9.84 Å². The van der Waals surface area contributed by atoms with Gasteiger partial charge >= 0.3 is 0 Å². The highest BCUT2D eigenvalue weighted by Crippen LogP contribution is 2.28. The Kier molecular flexibility index (Phi) is 4.17. The van der Waals surface area contributed by atoms with Crippen LogP contribution in [0, 0.1) is 0 Å². The van der Waals surface area contributed by atoms with Crippen molar-refractivity contribution in [2.75, 3.05) is 45.3 Å². The molecular formula is C16H20N6OS. The Morgan fingerprint density at radius 3 is 2.83 bits per heavy atom. The van der Waals surface area contributed by atoms with E-state index in [0.29, 0.717) is 0 Å². The average Bonchev–Trinajstić information content (AvgIpc) is 3.18. The highest BCUT2D eigenvalue weighted by molar-refractivity contribution is 7.19. The van der Waals surface area contributed by atoms with Gasteiger partial charge in [0.25, 0.3) is 0 Å². The van der Waals surface area contributed by atoms with Gasteiger partial charge in [-0.25, -0.2) is 0 Å². The molecule has 1 aromatic carbocycles. The van der Waals surface area contributed by atoms with E-state index < -0.39 is 0 Å². The van der Waals surface area contributed by atoms with E-state index in [1.165, 1.54) is 0 Å². The summed E-state index contributed by atoms with van der Waals surface area (Å²) in [5.74, 6) is 0.887. The molecule has 0 amide bonds. The lowest BCUT2D eigenvalue weighted by Gasteiger charge is -2.25. The molecule has 0 aliphatic carbocycles. The molecule has 3 heterocycles. The minimum atomic E-state index is 0.755. The van der Waals surface area contributed by atoms with Crippen molar-refractivity contribution in [3.05, 3.63) is 30.1 Å². The molecule has 1 aliphatic rings. The zero-order valence-corrected chi connectivity index (χ0v) is 14.7. The molecule has 1 fully saturated rings. The number of hydrogen-bond donors (Lipinski definition) is 0. The summed E-state index contributed by atoms with van der Waals surface area (Å²) in [6.45, 7) is 4.17. The molecule has 0 atom stereocenters. The molecule has 1 aliphatic heterocycles. The maximum atomic E-state index is 5.40. The predicted molar refractivity (Wildman–Crippen MR) is 94.5 cm³/mol. The van der Waals surface area contributed by atoms with Crippen LogP contribution < -0.4 is 4.90 Å². The zero-order valence-electron chi connectivity index (χ0n) is 13.8. The zero-order chi connectivity index (χ0) is 16.5. The summed E-state index contributed by atoms with van der Waals surface area (Å²) in [5, 5.41) is 14.3. The number of aromatic nitrogens is 4. The lowest BCUT2D eigenvalue weighted by atomic mass is 10.2. The third-order valence-electron chi connectivity index (χ3n) is 4.13. The number of benzene rings is 1. The van der Waals surface area contributed by atoms with E-state index >= 15 is 0 Å². The Hall–Kier alpha value is -2.03. The number of hydrogen-bond acceptors (Lipinski definition) is 7. The Balaban J connectivity index is 1.63. The summed E-state index contributed by atoms with van der Waals surface area (Å²) in [6, 6.07) is 8.38. The number of anilines is 1. The van der Waals surface area contributed by atoms with E-state index in [1.807, 2.05) is 18.6 Å². The number of ether oxygens (including phenoxy) is 1. The van der Waals surface area contributed by atoms with Crippen LogP contribution in [0.4, 0.5) is 5.69 Å². The van der Waals surface area contributed by atoms with Crippen molar-refractivity contribution in [1.82, 2.24) is 24.7 Å². The first-order valence-corrected chi connectivity index (χ1v) is 8.81. The Labute approximate surface area is 144 Å². The average molecular weight is 344 g/mol. The van der Waals surface area contributed by atoms with E-state index in [9.17, 15) is 0 Å². The molecule has 126 valence electrons. The second kappa shape index (κ2) is 6.46. The Bertz CT molecular complexity index is 836. The van der Waals surface area contributed by atoms with E-state index in [1.54, 1.807) is 11.3 Å². The van der Waals surface area contributed by atoms with Crippen LogP contribution in [0.1, 0.15) is 5.82 Å². The second-order valence-electron chi connectivity index (χ2n) is 6.05. The smallest absolute Gasteiger partial charge is 0.235 e. The molecule has 24 heavy (non-hydrogen) atoms. The minimum absolute atomic E-state index is 0.755. The van der Waals surface area contributed by atoms with Gasteiger partial charge in [-0.1, -0.05) is 23.5 Å². The maximum Gasteiger partial charge on any atom is 0.235 e. The van der Waals surface area contributed by atoms with Crippen LogP contribution in [-0.2, 0) is 11.3 Å². The summed E-state index contributed by atoms with van der Waals surface area (Å²) in [4.78, 5) is 5.25. The molecule has 0 N–H and O–H groups in total. The predicted octanol–water partition coefficient (Wildman–Crippen LogP) is 1.75. The fourth-order valence-corrected chi connectivity index (χ4v) is 3.60. The van der Waals surface area contributed by atoms with E-state index in [0.717, 1.165) is 59.9 Å². The molecule has 3 aromatic rings. The van der Waals surface area contributed by atoms with Gasteiger partial charge < -0.3 is 9.64 Å². The third kappa shape index (κ3) is 3.00. The largest absolute Gasteiger partial charge is 0.379 e. The number of rotatable bonds is 4. The van der Waals surface area contributed by atoms with E-state index in [2.05, 4.69) is 44.3 Å². The molecule has 4 rings (SSSR count). The van der Waals surface area contributed by atoms with Gasteiger partial charge in [0.1, 0.15) is 5.01 Å². The van der Waals surface area contributed by atoms with Crippen LogP contribution in [0.15, 0.2) is 24.3 Å². The van der Waals surface area contributed by atoms with Crippen LogP contribution in [0.25, 0.3) is 15.5 Å². The van der Waals surface area contributed by atoms with Crippen molar-refractivity contribution in [3.8, 4) is 10.6 Å². The SMILES string of the molecule is CN(C)c1cccc(-c2nn3c(CN4CCOCC4)nnc3s2)c1. The van der Waals surface area contributed by atoms with Crippen molar-refractivity contribution in [2.45, 2.75) is 6.54 Å². The number of fused-ring (bicyclic) bond motifs is 1. The minimum Gasteiger partial charge on any atom is -0.379 e. The number of nitrogens with zero attached hydrogens (tertiary/aromatic N) is 6. The second-order valence-corrected chi connectivity index (χ2v) is 7.01. The quantitative estimate of drug-likeness (QED) is 0.719. The van der Waals surface area contributed by atoms with Gasteiger partial charge in [-0.15, -0.1) is 10.2 Å². The van der Waals surface area contributed by atoms with Crippen molar-refractivity contribution in [1.29, 1.82) is 0 Å². The van der Waals surface area contributed by atoms with Crippen LogP contribution >= 0.6 is 11.3 Å². The van der Waals surface area contributed by atoms with Crippen LogP contribution in [0.2, 0.25) is 0 Å². The molecule has 1 saturated heterocycles. The molecule has 0 bridgehead atoms. The molecule has 0 saturated carbocycles. The summed E-state index contributed by atoms with van der Waals surface area (Å²) in [7, 11) is 4.08. The van der Waals surface area contributed by atoms with Gasteiger partial charge in [0.05, 0.1) is 19.8 Å². The van der Waals surface area contributed by atoms with Crippen LogP contribution in [0.5, 0.6) is 0 Å². The Morgan fingerprint density at radius 1 is 1.21 bits per heavy atom. The molecular weight excluding hydrogens is 324 g/mol. The first-order chi connectivity index (χ1) is 11.7. The highest BCUT2D eigenvalue weighted by Gasteiger charge is 2.17. The van der Waals surface area contributed by atoms with Crippen molar-refractivity contribution in [2.24, 2.45) is 0 Å². The lowest BCUT2D eigenvalue weighted by Crippen LogP contribution is -2.36. The monoisotopic (exact) mass is 344 g/mol. The van der Waals surface area contributed by atoms with Gasteiger partial charge in [0.15, 0.2) is 5.82 Å². The maximum absolute atomic E-state index is 5.40. The lowest BCUT2D eigenvalue weighted by molar-refractivity contribution is 0.0328. The van der Waals surface area contributed by atoms with Gasteiger partial charge in [-0.05, 0) is 12.1 Å². The van der Waals surface area contributed by atoms with E-state index in [-0.39, 0.29) is 0 Å². The summed E-state index contributed by atoms with van der Waals surface area (Å²) in [6.07, 6.45) is 0. The Morgan fingerprint density at radius 2 is 2.04 bits per heavy atom. The van der Waals surface area contributed by atoms with Crippen molar-refractivity contribution in [3.63, 3.8) is 0 Å². The third-order valence-corrected chi connectivity index (χ3v) is 5.08. The standard InChI is InChI=1S/C16H20N6OS/c1-20(2)13-5-3-4-12(10-13)15-19-22-14(17-18-16(22)24-15)11-21-6-8-23-9-7-21/h3-5,10H,6-9,11H2,1-2H3. The van der Waals surface area contributed by atoms with Crippen LogP contribution in [-0.4, -0.2) is 65.1 Å². The molecule has 8 heteroatoms. The fourth-order valence-electron chi connectivity index (χ4n) is 2.75. The van der Waals surface area contributed by atoms with Gasteiger partial charge in [-0.3, -0.25) is 4.90 Å². The molecule has 2 aromatic heterocycles. The van der Waals surface area contributed by atoms with Gasteiger partial charge in [0.2, 0.25) is 4.96 Å². The van der Waals surface area contributed by atoms with Crippen molar-refractivity contribution >= 4 is 22.0 Å².